The molecule has 114 valence electrons. The number of ether oxygens (including phenoxy) is 1. The van der Waals surface area contributed by atoms with Gasteiger partial charge in [0.05, 0.1) is 0 Å². The number of rotatable bonds is 10. The van der Waals surface area contributed by atoms with E-state index < -0.39 is 0 Å². The fourth-order valence-corrected chi connectivity index (χ4v) is 1.68. The summed E-state index contributed by atoms with van der Waals surface area (Å²) in [5.74, 6) is 7.59. The van der Waals surface area contributed by atoms with Gasteiger partial charge in [-0.05, 0) is 25.7 Å². The van der Waals surface area contributed by atoms with E-state index in [1.54, 1.807) is 6.07 Å². The lowest BCUT2D eigenvalue weighted by molar-refractivity contribution is 0.128. The van der Waals surface area contributed by atoms with Crippen molar-refractivity contribution in [2.24, 2.45) is 11.8 Å². The fourth-order valence-electron chi connectivity index (χ4n) is 1.68. The fraction of sp³-hybridized carbons (Fsp3) is 0.692. The minimum Gasteiger partial charge on any atom is -0.396 e. The molecule has 0 aliphatic rings. The van der Waals surface area contributed by atoms with Gasteiger partial charge in [-0.2, -0.15) is 0 Å². The number of hydrogen-bond donors (Lipinski definition) is 4. The van der Waals surface area contributed by atoms with Crippen LogP contribution in [0.2, 0.25) is 0 Å². The summed E-state index contributed by atoms with van der Waals surface area (Å²) in [6.45, 7) is 5.95. The summed E-state index contributed by atoms with van der Waals surface area (Å²) < 4.78 is 5.30. The Morgan fingerprint density at radius 3 is 2.80 bits per heavy atom. The van der Waals surface area contributed by atoms with Crippen molar-refractivity contribution in [3.63, 3.8) is 0 Å². The first kappa shape index (κ1) is 16.6. The van der Waals surface area contributed by atoms with Crippen LogP contribution in [-0.2, 0) is 11.3 Å². The van der Waals surface area contributed by atoms with Crippen molar-refractivity contribution in [3.8, 4) is 0 Å². The molecule has 0 aromatic carbocycles. The van der Waals surface area contributed by atoms with Crippen molar-refractivity contribution in [2.75, 3.05) is 30.5 Å². The molecule has 0 fully saturated rings. The normalized spacial score (nSPS) is 12.2. The number of nitrogen functional groups attached to an aromatic ring is 1. The van der Waals surface area contributed by atoms with Gasteiger partial charge in [0.2, 0.25) is 0 Å². The highest BCUT2D eigenvalue weighted by molar-refractivity contribution is 5.46. The van der Waals surface area contributed by atoms with Crippen LogP contribution in [-0.4, -0.2) is 34.8 Å². The maximum atomic E-state index is 8.96. The van der Waals surface area contributed by atoms with Crippen LogP contribution in [0.1, 0.15) is 32.5 Å². The van der Waals surface area contributed by atoms with Gasteiger partial charge in [0.1, 0.15) is 18.2 Å². The number of aromatic nitrogens is 2. The van der Waals surface area contributed by atoms with Crippen LogP contribution in [0.25, 0.3) is 0 Å². The number of aliphatic hydroxyl groups is 1. The Morgan fingerprint density at radius 1 is 1.40 bits per heavy atom. The lowest BCUT2D eigenvalue weighted by Gasteiger charge is -2.11. The zero-order valence-corrected chi connectivity index (χ0v) is 12.2. The van der Waals surface area contributed by atoms with Crippen LogP contribution in [0.5, 0.6) is 0 Å². The van der Waals surface area contributed by atoms with Crippen LogP contribution >= 0.6 is 0 Å². The summed E-state index contributed by atoms with van der Waals surface area (Å²) in [6, 6.07) is 1.75. The molecule has 0 bridgehead atoms. The Morgan fingerprint density at radius 2 is 2.15 bits per heavy atom. The average Bonchev–Trinajstić information content (AvgIpc) is 2.48. The monoisotopic (exact) mass is 283 g/mol. The van der Waals surface area contributed by atoms with E-state index in [2.05, 4.69) is 20.7 Å². The molecule has 0 radical (unpaired) electrons. The number of nitrogens with two attached hydrogens (primary N) is 1. The molecule has 0 aliphatic carbocycles. The second-order valence-corrected chi connectivity index (χ2v) is 4.69. The summed E-state index contributed by atoms with van der Waals surface area (Å²) in [5, 5.41) is 12.2. The van der Waals surface area contributed by atoms with E-state index in [1.165, 1.54) is 0 Å². The summed E-state index contributed by atoms with van der Waals surface area (Å²) in [5.41, 5.74) is 2.52. The van der Waals surface area contributed by atoms with Crippen molar-refractivity contribution in [3.05, 3.63) is 11.9 Å². The van der Waals surface area contributed by atoms with E-state index in [4.69, 9.17) is 15.7 Å². The number of nitrogens with zero attached hydrogens (tertiary/aromatic N) is 2. The van der Waals surface area contributed by atoms with Gasteiger partial charge in [0, 0.05) is 25.8 Å². The standard InChI is InChI=1S/C13H25N5O2/c1-3-20-9-13-16-11(7-12(17-13)18-14)15-6-4-5-10(2)8-19/h7,10,19H,3-6,8-9,14H2,1-2H3,(H2,15,16,17,18). The summed E-state index contributed by atoms with van der Waals surface area (Å²) in [6.07, 6.45) is 1.94. The molecule has 1 aromatic heterocycles. The van der Waals surface area contributed by atoms with Crippen molar-refractivity contribution in [2.45, 2.75) is 33.3 Å². The van der Waals surface area contributed by atoms with Crippen LogP contribution < -0.4 is 16.6 Å². The molecule has 1 heterocycles. The van der Waals surface area contributed by atoms with E-state index in [1.807, 2.05) is 13.8 Å². The Bertz CT molecular complexity index is 389. The molecule has 20 heavy (non-hydrogen) atoms. The maximum Gasteiger partial charge on any atom is 0.158 e. The second kappa shape index (κ2) is 9.46. The smallest absolute Gasteiger partial charge is 0.158 e. The third kappa shape index (κ3) is 6.14. The average molecular weight is 283 g/mol. The lowest BCUT2D eigenvalue weighted by Crippen LogP contribution is -2.13. The van der Waals surface area contributed by atoms with Crippen molar-refractivity contribution in [1.29, 1.82) is 0 Å². The highest BCUT2D eigenvalue weighted by Gasteiger charge is 2.04. The van der Waals surface area contributed by atoms with Crippen molar-refractivity contribution in [1.82, 2.24) is 9.97 Å². The van der Waals surface area contributed by atoms with Crippen LogP contribution in [0.15, 0.2) is 6.07 Å². The Balaban J connectivity index is 2.50. The molecular formula is C13H25N5O2. The molecule has 1 atom stereocenters. The Kier molecular flexibility index (Phi) is 7.86. The SMILES string of the molecule is CCOCc1nc(NN)cc(NCCCC(C)CO)n1. The number of aliphatic hydroxyl groups excluding tert-OH is 1. The topological polar surface area (TPSA) is 105 Å². The minimum atomic E-state index is 0.229. The van der Waals surface area contributed by atoms with E-state index in [-0.39, 0.29) is 6.61 Å². The van der Waals surface area contributed by atoms with Gasteiger partial charge in [0.25, 0.3) is 0 Å². The predicted octanol–water partition coefficient (Wildman–Crippen LogP) is 1.12. The number of hydrogen-bond acceptors (Lipinski definition) is 7. The molecule has 1 rings (SSSR count). The molecule has 1 unspecified atom stereocenters. The quantitative estimate of drug-likeness (QED) is 0.290. The van der Waals surface area contributed by atoms with Gasteiger partial charge in [-0.15, -0.1) is 0 Å². The molecule has 0 spiro atoms. The highest BCUT2D eigenvalue weighted by atomic mass is 16.5. The lowest BCUT2D eigenvalue weighted by atomic mass is 10.1. The van der Waals surface area contributed by atoms with Gasteiger partial charge in [-0.25, -0.2) is 15.8 Å². The number of anilines is 2. The van der Waals surface area contributed by atoms with Gasteiger partial charge >= 0.3 is 0 Å². The highest BCUT2D eigenvalue weighted by Crippen LogP contribution is 2.12. The third-order valence-electron chi connectivity index (χ3n) is 2.85. The summed E-state index contributed by atoms with van der Waals surface area (Å²) in [7, 11) is 0. The molecule has 0 amide bonds. The first-order chi connectivity index (χ1) is 9.69. The zero-order chi connectivity index (χ0) is 14.8. The molecule has 7 heteroatoms. The van der Waals surface area contributed by atoms with E-state index in [0.717, 1.165) is 25.2 Å². The predicted molar refractivity (Wildman–Crippen MR) is 79.1 cm³/mol. The van der Waals surface area contributed by atoms with Crippen molar-refractivity contribution >= 4 is 11.6 Å². The van der Waals surface area contributed by atoms with Gasteiger partial charge in [-0.1, -0.05) is 6.92 Å². The first-order valence-electron chi connectivity index (χ1n) is 6.96. The van der Waals surface area contributed by atoms with Gasteiger partial charge in [-0.3, -0.25) is 0 Å². The van der Waals surface area contributed by atoms with Crippen LogP contribution in [0, 0.1) is 5.92 Å². The summed E-state index contributed by atoms with van der Waals surface area (Å²) >= 11 is 0. The van der Waals surface area contributed by atoms with Gasteiger partial charge < -0.3 is 20.6 Å². The second-order valence-electron chi connectivity index (χ2n) is 4.69. The minimum absolute atomic E-state index is 0.229. The van der Waals surface area contributed by atoms with E-state index in [9.17, 15) is 0 Å². The number of hydrazine groups is 1. The van der Waals surface area contributed by atoms with Crippen LogP contribution in [0.3, 0.4) is 0 Å². The molecule has 0 saturated heterocycles. The van der Waals surface area contributed by atoms with E-state index >= 15 is 0 Å². The summed E-state index contributed by atoms with van der Waals surface area (Å²) in [4.78, 5) is 8.58. The van der Waals surface area contributed by atoms with Crippen molar-refractivity contribution < 1.29 is 9.84 Å². The number of nitrogens with one attached hydrogen (secondary N) is 2. The molecule has 5 N–H and O–H groups in total. The van der Waals surface area contributed by atoms with Crippen LogP contribution in [0.4, 0.5) is 11.6 Å². The molecule has 1 aromatic rings. The Labute approximate surface area is 119 Å². The first-order valence-corrected chi connectivity index (χ1v) is 6.96. The largest absolute Gasteiger partial charge is 0.396 e. The maximum absolute atomic E-state index is 8.96. The Hall–Kier alpha value is -1.44. The molecule has 7 nitrogen and oxygen atoms in total. The van der Waals surface area contributed by atoms with Gasteiger partial charge in [0.15, 0.2) is 5.82 Å². The molecule has 0 saturated carbocycles. The third-order valence-corrected chi connectivity index (χ3v) is 2.85. The van der Waals surface area contributed by atoms with E-state index in [0.29, 0.717) is 30.8 Å². The molecular weight excluding hydrogens is 258 g/mol. The zero-order valence-electron chi connectivity index (χ0n) is 12.2. The molecule has 0 aliphatic heterocycles.